The Labute approximate surface area is 294 Å². The van der Waals surface area contributed by atoms with E-state index in [2.05, 4.69) is 6.92 Å². The molecule has 6 aliphatic carbocycles. The number of Topliss-reactive ketones (excluding diaryl/α,β-unsaturated/α-hetero) is 2. The average Bonchev–Trinajstić information content (AvgIpc) is 3.57. The lowest BCUT2D eigenvalue weighted by Gasteiger charge is -2.60. The van der Waals surface area contributed by atoms with Crippen LogP contribution in [0.3, 0.4) is 0 Å². The van der Waals surface area contributed by atoms with Crippen LogP contribution in [0.5, 0.6) is 0 Å². The van der Waals surface area contributed by atoms with Gasteiger partial charge in [-0.25, -0.2) is 9.59 Å². The second-order valence-electron chi connectivity index (χ2n) is 17.9. The molecule has 10 fully saturated rings. The zero-order chi connectivity index (χ0) is 35.4. The first kappa shape index (κ1) is 32.3. The first-order valence-electron chi connectivity index (χ1n) is 18.7. The van der Waals surface area contributed by atoms with Gasteiger partial charge >= 0.3 is 11.9 Å². The molecule has 6 saturated heterocycles. The molecular weight excluding hydrogens is 664 g/mol. The maximum Gasteiger partial charge on any atom is 0.341 e. The average molecular weight is 711 g/mol. The highest BCUT2D eigenvalue weighted by Gasteiger charge is 2.89. The molecule has 0 aromatic heterocycles. The molecule has 4 spiro atoms. The molecule has 6 heterocycles. The number of aliphatic hydroxyl groups is 3. The van der Waals surface area contributed by atoms with E-state index in [9.17, 15) is 34.5 Å². The Morgan fingerprint density at radius 2 is 1.20 bits per heavy atom. The second kappa shape index (κ2) is 9.57. The predicted molar refractivity (Wildman–Crippen MR) is 175 cm³/mol. The summed E-state index contributed by atoms with van der Waals surface area (Å²) in [6, 6.07) is 0. The minimum atomic E-state index is -1.55. The van der Waals surface area contributed by atoms with Crippen molar-refractivity contribution in [3.8, 4) is 0 Å². The SMILES string of the molecule is CC1CC(C)C(O)=C2C(=O)OC34CC(C)C5OC23C(CC4C5SC2C3C(O)C4OC56C(=C(O)C(C)CC(C)C(=O)C25)C(=O)OC36CC4C)C1=O. The summed E-state index contributed by atoms with van der Waals surface area (Å²) < 4.78 is 26.8. The number of carbonyl (C=O) groups is 4. The third-order valence-corrected chi connectivity index (χ3v) is 17.2. The maximum atomic E-state index is 14.9. The number of rotatable bonds is 2. The molecular formula is C38H46O11S. The van der Waals surface area contributed by atoms with Crippen molar-refractivity contribution in [2.45, 2.75) is 125 Å². The fraction of sp³-hybridized carbons (Fsp3) is 0.789. The van der Waals surface area contributed by atoms with Gasteiger partial charge in [0.25, 0.3) is 0 Å². The Kier molecular flexibility index (Phi) is 6.17. The van der Waals surface area contributed by atoms with Crippen LogP contribution in [-0.2, 0) is 38.1 Å². The van der Waals surface area contributed by atoms with Gasteiger partial charge in [-0.3, -0.25) is 9.59 Å². The number of aliphatic hydroxyl groups excluding tert-OH is 3. The summed E-state index contributed by atoms with van der Waals surface area (Å²) in [6.45, 7) is 11.4. The van der Waals surface area contributed by atoms with Crippen LogP contribution in [-0.4, -0.2) is 90.0 Å². The van der Waals surface area contributed by atoms with E-state index >= 15 is 0 Å². The number of carbonyl (C=O) groups excluding carboxylic acids is 4. The number of allylic oxidation sites excluding steroid dienone is 2. The normalized spacial score (nSPS) is 58.4. The molecule has 0 aromatic carbocycles. The van der Waals surface area contributed by atoms with Gasteiger partial charge in [-0.05, 0) is 43.9 Å². The van der Waals surface area contributed by atoms with Crippen LogP contribution in [0.2, 0.25) is 0 Å². The molecule has 4 saturated carbocycles. The Morgan fingerprint density at radius 3 is 1.86 bits per heavy atom. The Bertz CT molecular complexity index is 1750. The van der Waals surface area contributed by atoms with Gasteiger partial charge in [0.15, 0.2) is 22.4 Å². The minimum absolute atomic E-state index is 0.0143. The highest BCUT2D eigenvalue weighted by molar-refractivity contribution is 8.00. The molecule has 50 heavy (non-hydrogen) atoms. The largest absolute Gasteiger partial charge is 0.511 e. The van der Waals surface area contributed by atoms with Crippen LogP contribution >= 0.6 is 11.8 Å². The van der Waals surface area contributed by atoms with Crippen LogP contribution in [0.4, 0.5) is 0 Å². The van der Waals surface area contributed by atoms with Gasteiger partial charge in [-0.1, -0.05) is 41.5 Å². The van der Waals surface area contributed by atoms with Crippen molar-refractivity contribution in [3.63, 3.8) is 0 Å². The van der Waals surface area contributed by atoms with Gasteiger partial charge in [0, 0.05) is 46.0 Å². The molecule has 6 aliphatic heterocycles. The molecule has 19 unspecified atom stereocenters. The lowest BCUT2D eigenvalue weighted by molar-refractivity contribution is -0.300. The molecule has 270 valence electrons. The third-order valence-electron chi connectivity index (χ3n) is 15.4. The van der Waals surface area contributed by atoms with E-state index in [4.69, 9.17) is 18.9 Å². The van der Waals surface area contributed by atoms with Crippen LogP contribution < -0.4 is 0 Å². The van der Waals surface area contributed by atoms with E-state index < -0.39 is 93.4 Å². The maximum absolute atomic E-state index is 14.9. The number of ether oxygens (including phenoxy) is 4. The van der Waals surface area contributed by atoms with E-state index in [1.54, 1.807) is 11.8 Å². The first-order chi connectivity index (χ1) is 23.6. The van der Waals surface area contributed by atoms with Crippen molar-refractivity contribution < 1.29 is 53.4 Å². The Morgan fingerprint density at radius 1 is 0.660 bits per heavy atom. The highest BCUT2D eigenvalue weighted by Crippen LogP contribution is 2.76. The quantitative estimate of drug-likeness (QED) is 0.356. The zero-order valence-electron chi connectivity index (χ0n) is 29.2. The summed E-state index contributed by atoms with van der Waals surface area (Å²) in [6.07, 6.45) is -0.118. The molecule has 8 bridgehead atoms. The van der Waals surface area contributed by atoms with Crippen molar-refractivity contribution in [2.75, 3.05) is 0 Å². The smallest absolute Gasteiger partial charge is 0.341 e. The summed E-state index contributed by atoms with van der Waals surface area (Å²) in [5.41, 5.74) is -5.33. The van der Waals surface area contributed by atoms with E-state index in [-0.39, 0.29) is 63.2 Å². The lowest BCUT2D eigenvalue weighted by Crippen LogP contribution is -2.72. The van der Waals surface area contributed by atoms with E-state index in [0.29, 0.717) is 32.1 Å². The van der Waals surface area contributed by atoms with Gasteiger partial charge < -0.3 is 34.3 Å². The molecule has 12 rings (SSSR count). The van der Waals surface area contributed by atoms with Crippen molar-refractivity contribution >= 4 is 35.3 Å². The first-order valence-corrected chi connectivity index (χ1v) is 19.6. The van der Waals surface area contributed by atoms with Gasteiger partial charge in [0.2, 0.25) is 0 Å². The van der Waals surface area contributed by atoms with Gasteiger partial charge in [0.05, 0.1) is 30.1 Å². The number of ketones is 2. The number of hydrogen-bond donors (Lipinski definition) is 3. The van der Waals surface area contributed by atoms with Crippen LogP contribution in [0.1, 0.15) is 73.6 Å². The third kappa shape index (κ3) is 3.15. The molecule has 0 amide bonds. The van der Waals surface area contributed by atoms with Crippen LogP contribution in [0, 0.1) is 59.2 Å². The van der Waals surface area contributed by atoms with Crippen molar-refractivity contribution in [1.82, 2.24) is 0 Å². The number of esters is 2. The molecule has 0 radical (unpaired) electrons. The topological polar surface area (TPSA) is 166 Å². The molecule has 12 aliphatic rings. The van der Waals surface area contributed by atoms with Crippen molar-refractivity contribution in [3.05, 3.63) is 22.7 Å². The highest BCUT2D eigenvalue weighted by atomic mass is 32.2. The Hall–Kier alpha value is -2.41. The summed E-state index contributed by atoms with van der Waals surface area (Å²) in [5.74, 6) is -6.06. The van der Waals surface area contributed by atoms with E-state index in [1.807, 2.05) is 34.6 Å². The Balaban J connectivity index is 1.14. The number of fused-ring (bicyclic) bond motifs is 2. The molecule has 11 nitrogen and oxygen atoms in total. The lowest BCUT2D eigenvalue weighted by atomic mass is 9.59. The predicted octanol–water partition coefficient (Wildman–Crippen LogP) is 3.76. The fourth-order valence-corrected chi connectivity index (χ4v) is 16.1. The summed E-state index contributed by atoms with van der Waals surface area (Å²) >= 11 is 1.54. The fourth-order valence-electron chi connectivity index (χ4n) is 13.7. The minimum Gasteiger partial charge on any atom is -0.511 e. The van der Waals surface area contributed by atoms with Crippen LogP contribution in [0.25, 0.3) is 0 Å². The van der Waals surface area contributed by atoms with Crippen molar-refractivity contribution in [1.29, 1.82) is 0 Å². The molecule has 12 heteroatoms. The number of hydrogen-bond acceptors (Lipinski definition) is 12. The van der Waals surface area contributed by atoms with Crippen molar-refractivity contribution in [2.24, 2.45) is 59.2 Å². The zero-order valence-corrected chi connectivity index (χ0v) is 30.0. The molecule has 0 aromatic rings. The van der Waals surface area contributed by atoms with Gasteiger partial charge in [0.1, 0.15) is 34.2 Å². The molecule has 19 atom stereocenters. The summed E-state index contributed by atoms with van der Waals surface area (Å²) in [7, 11) is 0. The second-order valence-corrected chi connectivity index (χ2v) is 19.3. The standard InChI is InChI=1S/C38H46O11S/c1-12-7-14(3)26(41)22-33(44)48-35-10-17(6)30-31(19(35)9-18(24(12)39)37(22,35)47-30)50-32-20-28(43)29-16(5)11-36(20)38(46-29)21(32)25(40)13(2)8-15(4)27(42)23(38)34(45)49-36/h12-21,28-32,41-43H,7-11H2,1-6H3. The number of thioether (sulfide) groups is 1. The van der Waals surface area contributed by atoms with E-state index in [0.717, 1.165) is 0 Å². The van der Waals surface area contributed by atoms with Crippen LogP contribution in [0.15, 0.2) is 22.7 Å². The van der Waals surface area contributed by atoms with E-state index in [1.165, 1.54) is 0 Å². The van der Waals surface area contributed by atoms with Gasteiger partial charge in [-0.15, -0.1) is 0 Å². The van der Waals surface area contributed by atoms with Gasteiger partial charge in [-0.2, -0.15) is 11.8 Å². The monoisotopic (exact) mass is 710 g/mol. The summed E-state index contributed by atoms with van der Waals surface area (Å²) in [4.78, 5) is 56.9. The molecule has 3 N–H and O–H groups in total. The summed E-state index contributed by atoms with van der Waals surface area (Å²) in [5, 5.41) is 34.5.